The Kier molecular flexibility index (Phi) is 3.07. The second-order valence-electron chi connectivity index (χ2n) is 3.95. The zero-order valence-corrected chi connectivity index (χ0v) is 10.5. The maximum atomic E-state index is 8.83. The van der Waals surface area contributed by atoms with Gasteiger partial charge in [-0.2, -0.15) is 5.26 Å². The lowest BCUT2D eigenvalue weighted by molar-refractivity contribution is 0.855. The molecule has 0 bridgehead atoms. The molecule has 2 N–H and O–H groups in total. The number of rotatable bonds is 2. The second-order valence-corrected chi connectivity index (χ2v) is 5.04. The molecule has 17 heavy (non-hydrogen) atoms. The van der Waals surface area contributed by atoms with Crippen molar-refractivity contribution in [1.29, 1.82) is 5.26 Å². The van der Waals surface area contributed by atoms with E-state index in [0.29, 0.717) is 10.7 Å². The molecule has 0 atom stereocenters. The number of aromatic nitrogens is 2. The fourth-order valence-corrected chi connectivity index (χ4v) is 2.51. The summed E-state index contributed by atoms with van der Waals surface area (Å²) in [5.41, 5.74) is 7.66. The summed E-state index contributed by atoms with van der Waals surface area (Å²) in [4.78, 5) is 9.94. The smallest absolute Gasteiger partial charge is 0.130 e. The number of nitriles is 1. The molecule has 2 aromatic heterocycles. The van der Waals surface area contributed by atoms with Crippen molar-refractivity contribution in [3.05, 3.63) is 28.9 Å². The lowest BCUT2D eigenvalue weighted by Gasteiger charge is -2.11. The Labute approximate surface area is 104 Å². The Morgan fingerprint density at radius 1 is 1.35 bits per heavy atom. The molecule has 0 unspecified atom stereocenters. The summed E-state index contributed by atoms with van der Waals surface area (Å²) in [6.07, 6.45) is 1.46. The summed E-state index contributed by atoms with van der Waals surface area (Å²) >= 11 is 1.42. The molecule has 5 heteroatoms. The average Bonchev–Trinajstić information content (AvgIpc) is 2.76. The van der Waals surface area contributed by atoms with Gasteiger partial charge in [-0.25, -0.2) is 9.97 Å². The topological polar surface area (TPSA) is 75.6 Å². The molecule has 0 aliphatic heterocycles. The third kappa shape index (κ3) is 2.12. The van der Waals surface area contributed by atoms with Gasteiger partial charge in [-0.15, -0.1) is 11.3 Å². The molecule has 0 amide bonds. The number of nitrogens with zero attached hydrogens (tertiary/aromatic N) is 3. The van der Waals surface area contributed by atoms with Crippen LogP contribution in [0.2, 0.25) is 0 Å². The van der Waals surface area contributed by atoms with Crippen LogP contribution in [0.1, 0.15) is 30.2 Å². The van der Waals surface area contributed by atoms with Crippen LogP contribution in [0, 0.1) is 11.3 Å². The Bertz CT molecular complexity index is 580. The molecule has 0 aliphatic rings. The van der Waals surface area contributed by atoms with Crippen molar-refractivity contribution in [2.45, 2.75) is 19.8 Å². The van der Waals surface area contributed by atoms with E-state index in [4.69, 9.17) is 11.0 Å². The lowest BCUT2D eigenvalue weighted by Crippen LogP contribution is -2.03. The number of anilines is 1. The van der Waals surface area contributed by atoms with E-state index in [2.05, 4.69) is 29.9 Å². The van der Waals surface area contributed by atoms with Crippen LogP contribution in [0.4, 0.5) is 5.82 Å². The monoisotopic (exact) mass is 244 g/mol. The summed E-state index contributed by atoms with van der Waals surface area (Å²) < 4.78 is 0. The molecule has 0 radical (unpaired) electrons. The first-order chi connectivity index (χ1) is 8.13. The number of hydrogen-bond acceptors (Lipinski definition) is 5. The molecule has 0 saturated heterocycles. The third-order valence-corrected chi connectivity index (χ3v) is 3.44. The Morgan fingerprint density at radius 3 is 2.71 bits per heavy atom. The normalized spacial score (nSPS) is 10.5. The van der Waals surface area contributed by atoms with Crippen molar-refractivity contribution in [3.63, 3.8) is 0 Å². The molecule has 4 nitrogen and oxygen atoms in total. The highest BCUT2D eigenvalue weighted by Crippen LogP contribution is 2.34. The quantitative estimate of drug-likeness (QED) is 0.881. The zero-order chi connectivity index (χ0) is 12.4. The summed E-state index contributed by atoms with van der Waals surface area (Å²) in [6, 6.07) is 5.82. The van der Waals surface area contributed by atoms with E-state index < -0.39 is 0 Å². The van der Waals surface area contributed by atoms with Gasteiger partial charge in [0.2, 0.25) is 0 Å². The number of thiophene rings is 1. The van der Waals surface area contributed by atoms with Gasteiger partial charge in [-0.05, 0) is 18.1 Å². The first-order valence-electron chi connectivity index (χ1n) is 5.24. The molecule has 2 heterocycles. The molecule has 0 fully saturated rings. The Morgan fingerprint density at radius 2 is 2.12 bits per heavy atom. The minimum Gasteiger partial charge on any atom is -0.383 e. The lowest BCUT2D eigenvalue weighted by atomic mass is 10.0. The van der Waals surface area contributed by atoms with E-state index >= 15 is 0 Å². The van der Waals surface area contributed by atoms with E-state index in [1.807, 2.05) is 6.07 Å². The molecule has 0 aliphatic carbocycles. The maximum absolute atomic E-state index is 8.83. The van der Waals surface area contributed by atoms with E-state index in [1.54, 1.807) is 6.07 Å². The van der Waals surface area contributed by atoms with Crippen LogP contribution in [0.3, 0.4) is 0 Å². The van der Waals surface area contributed by atoms with E-state index in [0.717, 1.165) is 16.1 Å². The van der Waals surface area contributed by atoms with Crippen LogP contribution in [-0.4, -0.2) is 9.97 Å². The molecular formula is C12H12N4S. The summed E-state index contributed by atoms with van der Waals surface area (Å²) in [7, 11) is 0. The van der Waals surface area contributed by atoms with Gasteiger partial charge in [-0.1, -0.05) is 13.8 Å². The predicted molar refractivity (Wildman–Crippen MR) is 68.6 cm³/mol. The number of hydrogen-bond donors (Lipinski definition) is 1. The highest BCUT2D eigenvalue weighted by atomic mass is 32.1. The van der Waals surface area contributed by atoms with Gasteiger partial charge in [0.1, 0.15) is 23.1 Å². The van der Waals surface area contributed by atoms with Crippen LogP contribution in [0.25, 0.3) is 10.6 Å². The fourth-order valence-electron chi connectivity index (χ4n) is 1.70. The highest BCUT2D eigenvalue weighted by Gasteiger charge is 2.15. The van der Waals surface area contributed by atoms with Gasteiger partial charge in [-0.3, -0.25) is 0 Å². The van der Waals surface area contributed by atoms with Gasteiger partial charge in [0.25, 0.3) is 0 Å². The van der Waals surface area contributed by atoms with Gasteiger partial charge >= 0.3 is 0 Å². The maximum Gasteiger partial charge on any atom is 0.130 e. The van der Waals surface area contributed by atoms with Crippen molar-refractivity contribution in [2.75, 3.05) is 5.73 Å². The predicted octanol–water partition coefficient (Wildman–Crippen LogP) is 2.78. The van der Waals surface area contributed by atoms with Crippen molar-refractivity contribution in [3.8, 4) is 16.6 Å². The highest BCUT2D eigenvalue weighted by molar-refractivity contribution is 7.16. The Balaban J connectivity index is 2.59. The first kappa shape index (κ1) is 11.6. The van der Waals surface area contributed by atoms with Crippen molar-refractivity contribution in [2.24, 2.45) is 0 Å². The summed E-state index contributed by atoms with van der Waals surface area (Å²) in [6.45, 7) is 4.11. The minimum atomic E-state index is 0.249. The van der Waals surface area contributed by atoms with Crippen LogP contribution in [0.15, 0.2) is 18.5 Å². The van der Waals surface area contributed by atoms with Gasteiger partial charge in [0, 0.05) is 5.56 Å². The SMILES string of the molecule is CC(C)c1c(N)ncnc1-c1ccc(C#N)s1. The largest absolute Gasteiger partial charge is 0.383 e. The molecule has 0 saturated carbocycles. The molecule has 86 valence electrons. The second kappa shape index (κ2) is 4.52. The Hall–Kier alpha value is -1.93. The summed E-state index contributed by atoms with van der Waals surface area (Å²) in [5.74, 6) is 0.760. The fraction of sp³-hybridized carbons (Fsp3) is 0.250. The third-order valence-electron chi connectivity index (χ3n) is 2.44. The standard InChI is InChI=1S/C12H12N4S/c1-7(2)10-11(15-6-16-12(10)14)9-4-3-8(5-13)17-9/h3-4,6-7H,1-2H3,(H2,14,15,16). The molecule has 2 rings (SSSR count). The summed E-state index contributed by atoms with van der Waals surface area (Å²) in [5, 5.41) is 8.83. The van der Waals surface area contributed by atoms with Crippen LogP contribution >= 0.6 is 11.3 Å². The number of nitrogens with two attached hydrogens (primary N) is 1. The molecule has 0 aromatic carbocycles. The van der Waals surface area contributed by atoms with Crippen LogP contribution in [-0.2, 0) is 0 Å². The first-order valence-corrected chi connectivity index (χ1v) is 6.05. The van der Waals surface area contributed by atoms with Crippen LogP contribution in [0.5, 0.6) is 0 Å². The van der Waals surface area contributed by atoms with Gasteiger partial charge in [0.05, 0.1) is 10.6 Å². The van der Waals surface area contributed by atoms with Crippen molar-refractivity contribution < 1.29 is 0 Å². The minimum absolute atomic E-state index is 0.249. The van der Waals surface area contributed by atoms with Crippen molar-refractivity contribution >= 4 is 17.2 Å². The van der Waals surface area contributed by atoms with Crippen molar-refractivity contribution in [1.82, 2.24) is 9.97 Å². The zero-order valence-electron chi connectivity index (χ0n) is 9.64. The van der Waals surface area contributed by atoms with Gasteiger partial charge in [0.15, 0.2) is 0 Å². The molecule has 0 spiro atoms. The van der Waals surface area contributed by atoms with E-state index in [9.17, 15) is 0 Å². The molecule has 2 aromatic rings. The molecular weight excluding hydrogens is 232 g/mol. The van der Waals surface area contributed by atoms with E-state index in [-0.39, 0.29) is 5.92 Å². The van der Waals surface area contributed by atoms with Crippen LogP contribution < -0.4 is 5.73 Å². The number of nitrogen functional groups attached to an aromatic ring is 1. The van der Waals surface area contributed by atoms with E-state index in [1.165, 1.54) is 17.7 Å². The van der Waals surface area contributed by atoms with Gasteiger partial charge < -0.3 is 5.73 Å². The average molecular weight is 244 g/mol.